The molecule has 0 fully saturated rings. The van der Waals surface area contributed by atoms with E-state index in [0.717, 1.165) is 5.75 Å². The average molecular weight is 250 g/mol. The Morgan fingerprint density at radius 3 is 2.72 bits per heavy atom. The van der Waals surface area contributed by atoms with Gasteiger partial charge in [0.2, 0.25) is 0 Å². The lowest BCUT2D eigenvalue weighted by atomic mass is 9.81. The fourth-order valence-electron chi connectivity index (χ4n) is 2.32. The van der Waals surface area contributed by atoms with Crippen molar-refractivity contribution in [3.63, 3.8) is 0 Å². The zero-order valence-electron chi connectivity index (χ0n) is 11.3. The van der Waals surface area contributed by atoms with Gasteiger partial charge in [-0.15, -0.1) is 0 Å². The van der Waals surface area contributed by atoms with Crippen LogP contribution < -0.4 is 15.2 Å². The van der Waals surface area contributed by atoms with Crippen LogP contribution in [0, 0.1) is 11.8 Å². The van der Waals surface area contributed by atoms with Gasteiger partial charge in [-0.1, -0.05) is 20.8 Å². The summed E-state index contributed by atoms with van der Waals surface area (Å²) < 4.78 is 11.2. The molecule has 0 amide bonds. The highest BCUT2D eigenvalue weighted by Crippen LogP contribution is 2.40. The highest BCUT2D eigenvalue weighted by Gasteiger charge is 2.26. The highest BCUT2D eigenvalue weighted by molar-refractivity contribution is 5.44. The van der Waals surface area contributed by atoms with Crippen molar-refractivity contribution in [1.29, 1.82) is 0 Å². The number of aromatic nitrogens is 1. The molecule has 2 unspecified atom stereocenters. The van der Waals surface area contributed by atoms with Crippen molar-refractivity contribution in [2.24, 2.45) is 17.6 Å². The molecule has 2 N–H and O–H groups in total. The van der Waals surface area contributed by atoms with E-state index >= 15 is 0 Å². The number of rotatable bonds is 4. The van der Waals surface area contributed by atoms with Crippen molar-refractivity contribution in [3.8, 4) is 11.6 Å². The molecule has 1 aliphatic heterocycles. The molecule has 1 aliphatic rings. The van der Waals surface area contributed by atoms with Crippen LogP contribution in [0.5, 0.6) is 11.6 Å². The Bertz CT molecular complexity index is 409. The van der Waals surface area contributed by atoms with E-state index in [1.165, 1.54) is 5.56 Å². The van der Waals surface area contributed by atoms with Gasteiger partial charge in [0.1, 0.15) is 13.2 Å². The van der Waals surface area contributed by atoms with Gasteiger partial charge in [0.15, 0.2) is 5.75 Å². The minimum Gasteiger partial charge on any atom is -0.484 e. The Morgan fingerprint density at radius 1 is 1.28 bits per heavy atom. The maximum atomic E-state index is 5.76. The van der Waals surface area contributed by atoms with Crippen LogP contribution in [0.4, 0.5) is 0 Å². The third kappa shape index (κ3) is 2.43. The topological polar surface area (TPSA) is 57.4 Å². The lowest BCUT2D eigenvalue weighted by molar-refractivity contribution is 0.160. The molecule has 100 valence electrons. The second kappa shape index (κ2) is 5.57. The molecule has 3 atom stereocenters. The summed E-state index contributed by atoms with van der Waals surface area (Å²) in [5, 5.41) is 0. The van der Waals surface area contributed by atoms with Crippen LogP contribution in [0.15, 0.2) is 12.3 Å². The number of hydrogen-bond acceptors (Lipinski definition) is 4. The molecule has 0 saturated carbocycles. The fourth-order valence-corrected chi connectivity index (χ4v) is 2.32. The van der Waals surface area contributed by atoms with E-state index in [2.05, 4.69) is 25.8 Å². The summed E-state index contributed by atoms with van der Waals surface area (Å²) in [5.74, 6) is 2.79. The van der Waals surface area contributed by atoms with E-state index in [-0.39, 0.29) is 0 Å². The molecule has 0 aliphatic carbocycles. The van der Waals surface area contributed by atoms with Crippen LogP contribution in [0.3, 0.4) is 0 Å². The van der Waals surface area contributed by atoms with E-state index in [9.17, 15) is 0 Å². The van der Waals surface area contributed by atoms with Crippen molar-refractivity contribution < 1.29 is 9.47 Å². The maximum Gasteiger partial charge on any atom is 0.257 e. The number of fused-ring (bicyclic) bond motifs is 1. The normalized spacial score (nSPS) is 19.1. The first-order valence-corrected chi connectivity index (χ1v) is 6.59. The number of nitrogens with zero attached hydrogens (tertiary/aromatic N) is 1. The molecule has 1 aromatic rings. The highest BCUT2D eigenvalue weighted by atomic mass is 16.6. The molecular weight excluding hydrogens is 228 g/mol. The third-order valence-electron chi connectivity index (χ3n) is 4.02. The third-order valence-corrected chi connectivity index (χ3v) is 4.02. The van der Waals surface area contributed by atoms with E-state index in [1.54, 1.807) is 6.20 Å². The lowest BCUT2D eigenvalue weighted by Crippen LogP contribution is -2.24. The van der Waals surface area contributed by atoms with Crippen LogP contribution in [-0.4, -0.2) is 24.7 Å². The summed E-state index contributed by atoms with van der Waals surface area (Å²) in [4.78, 5) is 4.21. The minimum atomic E-state index is 0.377. The second-order valence-corrected chi connectivity index (χ2v) is 5.09. The molecule has 0 saturated heterocycles. The second-order valence-electron chi connectivity index (χ2n) is 5.09. The van der Waals surface area contributed by atoms with Crippen LogP contribution >= 0.6 is 0 Å². The van der Waals surface area contributed by atoms with Gasteiger partial charge in [-0.05, 0) is 30.4 Å². The summed E-state index contributed by atoms with van der Waals surface area (Å²) in [7, 11) is 0. The van der Waals surface area contributed by atoms with Crippen molar-refractivity contribution in [2.75, 3.05) is 19.8 Å². The zero-order chi connectivity index (χ0) is 13.1. The van der Waals surface area contributed by atoms with Gasteiger partial charge in [-0.2, -0.15) is 0 Å². The van der Waals surface area contributed by atoms with Gasteiger partial charge < -0.3 is 15.2 Å². The molecule has 18 heavy (non-hydrogen) atoms. The quantitative estimate of drug-likeness (QED) is 0.890. The number of ether oxygens (including phenoxy) is 2. The van der Waals surface area contributed by atoms with Gasteiger partial charge in [-0.25, -0.2) is 4.98 Å². The van der Waals surface area contributed by atoms with Crippen molar-refractivity contribution in [2.45, 2.75) is 26.7 Å². The number of pyridine rings is 1. The molecule has 4 nitrogen and oxygen atoms in total. The maximum absolute atomic E-state index is 5.76. The summed E-state index contributed by atoms with van der Waals surface area (Å²) in [6.07, 6.45) is 1.79. The monoisotopic (exact) mass is 250 g/mol. The first-order valence-electron chi connectivity index (χ1n) is 6.59. The van der Waals surface area contributed by atoms with Crippen LogP contribution in [0.2, 0.25) is 0 Å². The SMILES string of the molecule is CC(CN)[C@@H](C)C(C)c1ccnc2c1OCCO2. The molecule has 1 aromatic heterocycles. The molecule has 0 radical (unpaired) electrons. The van der Waals surface area contributed by atoms with Crippen molar-refractivity contribution >= 4 is 0 Å². The zero-order valence-corrected chi connectivity index (χ0v) is 11.3. The van der Waals surface area contributed by atoms with Gasteiger partial charge in [0.25, 0.3) is 5.88 Å². The predicted octanol–water partition coefficient (Wildman–Crippen LogP) is 2.19. The first-order chi connectivity index (χ1) is 8.65. The smallest absolute Gasteiger partial charge is 0.257 e. The Labute approximate surface area is 108 Å². The number of hydrogen-bond donors (Lipinski definition) is 1. The van der Waals surface area contributed by atoms with Crippen LogP contribution in [0.25, 0.3) is 0 Å². The predicted molar refractivity (Wildman–Crippen MR) is 71.0 cm³/mol. The van der Waals surface area contributed by atoms with Crippen molar-refractivity contribution in [3.05, 3.63) is 17.8 Å². The molecule has 0 spiro atoms. The molecular formula is C14H22N2O2. The lowest BCUT2D eigenvalue weighted by Gasteiger charge is -2.28. The molecule has 2 rings (SSSR count). The molecule has 2 heterocycles. The van der Waals surface area contributed by atoms with E-state index < -0.39 is 0 Å². The Hall–Kier alpha value is -1.29. The molecule has 0 aromatic carbocycles. The number of nitrogens with two attached hydrogens (primary N) is 1. The Morgan fingerprint density at radius 2 is 2.00 bits per heavy atom. The first kappa shape index (κ1) is 13.1. The minimum absolute atomic E-state index is 0.377. The Balaban J connectivity index is 2.27. The van der Waals surface area contributed by atoms with Gasteiger partial charge in [0, 0.05) is 11.8 Å². The summed E-state index contributed by atoms with van der Waals surface area (Å²) in [6, 6.07) is 2.03. The van der Waals surface area contributed by atoms with E-state index in [0.29, 0.717) is 43.4 Å². The average Bonchev–Trinajstić information content (AvgIpc) is 2.44. The Kier molecular flexibility index (Phi) is 4.07. The summed E-state index contributed by atoms with van der Waals surface area (Å²) >= 11 is 0. The molecule has 4 heteroatoms. The van der Waals surface area contributed by atoms with E-state index in [4.69, 9.17) is 15.2 Å². The fraction of sp³-hybridized carbons (Fsp3) is 0.643. The largest absolute Gasteiger partial charge is 0.484 e. The summed E-state index contributed by atoms with van der Waals surface area (Å²) in [6.45, 7) is 8.51. The van der Waals surface area contributed by atoms with E-state index in [1.807, 2.05) is 6.07 Å². The standard InChI is InChI=1S/C14H22N2O2/c1-9(8-15)10(2)11(3)12-4-5-16-14-13(12)17-6-7-18-14/h4-5,9-11H,6-8,15H2,1-3H3/t9?,10-,11?/m1/s1. The molecule has 0 bridgehead atoms. The summed E-state index contributed by atoms with van der Waals surface area (Å²) in [5.41, 5.74) is 6.93. The van der Waals surface area contributed by atoms with Crippen LogP contribution in [0.1, 0.15) is 32.3 Å². The van der Waals surface area contributed by atoms with Crippen molar-refractivity contribution in [1.82, 2.24) is 4.98 Å². The van der Waals surface area contributed by atoms with Gasteiger partial charge >= 0.3 is 0 Å². The van der Waals surface area contributed by atoms with Crippen LogP contribution in [-0.2, 0) is 0 Å². The van der Waals surface area contributed by atoms with Gasteiger partial charge in [0.05, 0.1) is 0 Å². The van der Waals surface area contributed by atoms with Gasteiger partial charge in [-0.3, -0.25) is 0 Å².